The fraction of sp³-hybridized carbons (Fsp3) is 0.700. The van der Waals surface area contributed by atoms with Gasteiger partial charge in [-0.2, -0.15) is 52.7 Å². The zero-order valence-electron chi connectivity index (χ0n) is 11.1. The lowest BCUT2D eigenvalue weighted by Crippen LogP contribution is -2.70. The lowest BCUT2D eigenvalue weighted by molar-refractivity contribution is -0.419. The molecule has 0 heterocycles. The zero-order chi connectivity index (χ0) is 20.2. The number of aliphatic carboxylic acids is 1. The number of carbonyl (C=O) groups excluding carboxylic acids is 1. The van der Waals surface area contributed by atoms with Gasteiger partial charge < -0.3 is 9.90 Å². The van der Waals surface area contributed by atoms with Gasteiger partial charge in [-0.05, 0) is 0 Å². The van der Waals surface area contributed by atoms with E-state index in [4.69, 9.17) is 0 Å². The third-order valence-electron chi connectivity index (χ3n) is 2.75. The van der Waals surface area contributed by atoms with Crippen LogP contribution in [0, 0.1) is 0 Å². The van der Waals surface area contributed by atoms with Crippen molar-refractivity contribution in [2.75, 3.05) is 0 Å². The Morgan fingerprint density at radius 2 is 1.00 bits per heavy atom. The maximum atomic E-state index is 13.1. The van der Waals surface area contributed by atoms with E-state index >= 15 is 0 Å². The van der Waals surface area contributed by atoms with Crippen LogP contribution in [-0.2, 0) is 4.79 Å². The largest absolute Gasteiger partial charge is 0.545 e. The number of hydrogen-bond donors (Lipinski definition) is 0. The third-order valence-corrected chi connectivity index (χ3v) is 2.75. The smallest absolute Gasteiger partial charge is 0.385 e. The number of carboxylic acids is 1. The number of carboxylic acid groups (broad SMARTS) is 1. The molecule has 0 spiro atoms. The van der Waals surface area contributed by atoms with Crippen LogP contribution < -0.4 is 5.11 Å². The first-order chi connectivity index (χ1) is 10.1. The maximum absolute atomic E-state index is 13.1. The minimum absolute atomic E-state index is 1.05. The van der Waals surface area contributed by atoms with Crippen molar-refractivity contribution < 1.29 is 62.6 Å². The van der Waals surface area contributed by atoms with Gasteiger partial charge in [0.05, 0.1) is 5.97 Å². The summed E-state index contributed by atoms with van der Waals surface area (Å²) >= 11 is 0. The molecule has 142 valence electrons. The maximum Gasteiger partial charge on any atom is 0.385 e. The minimum Gasteiger partial charge on any atom is -0.545 e. The second-order valence-electron chi connectivity index (χ2n) is 4.53. The molecule has 2 nitrogen and oxygen atoms in total. The van der Waals surface area contributed by atoms with Gasteiger partial charge in [0.2, 0.25) is 0 Å². The number of halogens is 12. The molecule has 0 N–H and O–H groups in total. The van der Waals surface area contributed by atoms with Gasteiger partial charge in [-0.25, -0.2) is 0 Å². The van der Waals surface area contributed by atoms with Gasteiger partial charge in [0.15, 0.2) is 0 Å². The Kier molecular flexibility index (Phi) is 5.07. The van der Waals surface area contributed by atoms with E-state index in [0.717, 1.165) is 0 Å². The quantitative estimate of drug-likeness (QED) is 0.499. The van der Waals surface area contributed by atoms with Crippen LogP contribution in [0.2, 0.25) is 0 Å². The van der Waals surface area contributed by atoms with Crippen LogP contribution in [0.1, 0.15) is 6.92 Å². The van der Waals surface area contributed by atoms with Crippen LogP contribution in [-0.4, -0.2) is 41.5 Å². The Hall–Kier alpha value is -1.63. The van der Waals surface area contributed by atoms with Gasteiger partial charge in [-0.15, -0.1) is 0 Å². The fourth-order valence-corrected chi connectivity index (χ4v) is 1.18. The molecule has 14 heteroatoms. The molecule has 0 rings (SSSR count). The van der Waals surface area contributed by atoms with Crippen molar-refractivity contribution in [1.29, 1.82) is 0 Å². The molecule has 0 radical (unpaired) electrons. The summed E-state index contributed by atoms with van der Waals surface area (Å²) in [6, 6.07) is 0. The normalized spacial score (nSPS) is 15.4. The van der Waals surface area contributed by atoms with E-state index in [-0.39, 0.29) is 0 Å². The number of alkyl halides is 12. The summed E-state index contributed by atoms with van der Waals surface area (Å²) < 4.78 is 155. The molecule has 0 unspecified atom stereocenters. The minimum atomic E-state index is -7.81. The van der Waals surface area contributed by atoms with Crippen LogP contribution in [0.25, 0.3) is 0 Å². The van der Waals surface area contributed by atoms with Crippen LogP contribution in [0.4, 0.5) is 52.7 Å². The number of carbonyl (C=O) groups is 1. The first kappa shape index (κ1) is 22.4. The molecule has 0 aliphatic carbocycles. The van der Waals surface area contributed by atoms with Crippen molar-refractivity contribution >= 4 is 5.97 Å². The SMILES string of the molecule is C=C(C(=O)[O-])C(F)(F)C(F)(F)C(F)(F)C(F)(F)C(F)(F)C(C)(F)F. The highest BCUT2D eigenvalue weighted by atomic mass is 19.4. The van der Waals surface area contributed by atoms with E-state index in [0.29, 0.717) is 0 Å². The molecule has 0 aromatic heterocycles. The topological polar surface area (TPSA) is 40.1 Å². The van der Waals surface area contributed by atoms with E-state index in [1.165, 1.54) is 0 Å². The van der Waals surface area contributed by atoms with Gasteiger partial charge in [-0.1, -0.05) is 6.58 Å². The molecule has 0 bridgehead atoms. The summed E-state index contributed by atoms with van der Waals surface area (Å²) in [5.41, 5.74) is -3.16. The molecule has 0 atom stereocenters. The zero-order valence-corrected chi connectivity index (χ0v) is 11.1. The number of rotatable bonds is 7. The Morgan fingerprint density at radius 3 is 1.25 bits per heavy atom. The Bertz CT molecular complexity index is 530. The molecular weight excluding hydrogens is 380 g/mol. The first-order valence-corrected chi connectivity index (χ1v) is 5.28. The van der Waals surface area contributed by atoms with Gasteiger partial charge in [0.25, 0.3) is 0 Å². The molecule has 0 aromatic carbocycles. The lowest BCUT2D eigenvalue weighted by atomic mass is 9.89. The molecule has 24 heavy (non-hydrogen) atoms. The molecule has 0 saturated carbocycles. The van der Waals surface area contributed by atoms with E-state index < -0.39 is 54.0 Å². The first-order valence-electron chi connectivity index (χ1n) is 5.28. The van der Waals surface area contributed by atoms with Gasteiger partial charge in [0, 0.05) is 12.5 Å². The fourth-order valence-electron chi connectivity index (χ4n) is 1.18. The van der Waals surface area contributed by atoms with E-state index in [2.05, 4.69) is 0 Å². The van der Waals surface area contributed by atoms with Gasteiger partial charge in [0.1, 0.15) is 0 Å². The highest BCUT2D eigenvalue weighted by Gasteiger charge is 2.89. The number of hydrogen-bond acceptors (Lipinski definition) is 2. The Balaban J connectivity index is 6.41. The average molecular weight is 385 g/mol. The second-order valence-corrected chi connectivity index (χ2v) is 4.53. The molecule has 0 aromatic rings. The predicted octanol–water partition coefficient (Wildman–Crippen LogP) is 3.12. The molecule has 0 amide bonds. The highest BCUT2D eigenvalue weighted by Crippen LogP contribution is 2.60. The van der Waals surface area contributed by atoms with Crippen molar-refractivity contribution in [2.45, 2.75) is 42.5 Å². The van der Waals surface area contributed by atoms with E-state index in [9.17, 15) is 62.6 Å². The summed E-state index contributed by atoms with van der Waals surface area (Å²) in [5.74, 6) is -46.3. The van der Waals surface area contributed by atoms with E-state index in [1.807, 2.05) is 0 Å². The molecule has 0 fully saturated rings. The van der Waals surface area contributed by atoms with Crippen LogP contribution in [0.15, 0.2) is 12.2 Å². The summed E-state index contributed by atoms with van der Waals surface area (Å²) in [7, 11) is 0. The summed E-state index contributed by atoms with van der Waals surface area (Å²) in [6.45, 7) is 0.645. The third kappa shape index (κ3) is 2.68. The monoisotopic (exact) mass is 385 g/mol. The molecule has 0 saturated heterocycles. The Morgan fingerprint density at radius 1 is 0.708 bits per heavy atom. The Labute approximate surface area is 124 Å². The van der Waals surface area contributed by atoms with Crippen molar-refractivity contribution in [2.24, 2.45) is 0 Å². The van der Waals surface area contributed by atoms with Crippen molar-refractivity contribution in [3.05, 3.63) is 12.2 Å². The summed E-state index contributed by atoms with van der Waals surface area (Å²) in [5, 5.41) is 10.0. The highest BCUT2D eigenvalue weighted by molar-refractivity contribution is 5.86. The summed E-state index contributed by atoms with van der Waals surface area (Å²) in [4.78, 5) is 10.0. The second kappa shape index (κ2) is 5.44. The van der Waals surface area contributed by atoms with E-state index in [1.54, 1.807) is 6.58 Å². The molecule has 0 aliphatic rings. The van der Waals surface area contributed by atoms with Gasteiger partial charge >= 0.3 is 35.5 Å². The lowest BCUT2D eigenvalue weighted by Gasteiger charge is -2.41. The van der Waals surface area contributed by atoms with Crippen LogP contribution in [0.3, 0.4) is 0 Å². The average Bonchev–Trinajstić information content (AvgIpc) is 2.35. The van der Waals surface area contributed by atoms with Crippen LogP contribution in [0.5, 0.6) is 0 Å². The van der Waals surface area contributed by atoms with Gasteiger partial charge in [-0.3, -0.25) is 0 Å². The van der Waals surface area contributed by atoms with Crippen molar-refractivity contribution in [3.8, 4) is 0 Å². The molecular formula is C10H5F12O2-. The standard InChI is InChI=1S/C10H6F12O2/c1-3(4(23)24)6(13,14)8(17,18)10(21,22)9(19,20)7(15,16)5(2,11)12/h1H2,2H3,(H,23,24)/p-1. The van der Waals surface area contributed by atoms with Crippen LogP contribution >= 0.6 is 0 Å². The van der Waals surface area contributed by atoms with Crippen molar-refractivity contribution in [1.82, 2.24) is 0 Å². The predicted molar refractivity (Wildman–Crippen MR) is 49.5 cm³/mol. The summed E-state index contributed by atoms with van der Waals surface area (Å²) in [6.07, 6.45) is 0. The molecule has 0 aliphatic heterocycles. The van der Waals surface area contributed by atoms with Crippen molar-refractivity contribution in [3.63, 3.8) is 0 Å².